The van der Waals surface area contributed by atoms with Gasteiger partial charge in [-0.25, -0.2) is 4.79 Å². The number of aryl methyl sites for hydroxylation is 2. The molecule has 3 aromatic rings. The molecule has 0 atom stereocenters. The number of hydrogen-bond acceptors (Lipinski definition) is 2. The van der Waals surface area contributed by atoms with Crippen molar-refractivity contribution in [1.29, 1.82) is 0 Å². The number of urea groups is 1. The Morgan fingerprint density at radius 2 is 1.81 bits per heavy atom. The average molecular weight is 403 g/mol. The third-order valence-corrected chi connectivity index (χ3v) is 4.95. The Kier molecular flexibility index (Phi) is 5.73. The Bertz CT molecular complexity index is 998. The molecule has 140 valence electrons. The molecule has 2 aromatic carbocycles. The van der Waals surface area contributed by atoms with E-state index in [-0.39, 0.29) is 6.03 Å². The van der Waals surface area contributed by atoms with Crippen LogP contribution >= 0.6 is 23.2 Å². The largest absolute Gasteiger partial charge is 0.323 e. The highest BCUT2D eigenvalue weighted by Gasteiger charge is 2.15. The lowest BCUT2D eigenvalue weighted by Crippen LogP contribution is -2.20. The molecule has 1 heterocycles. The molecule has 0 aliphatic carbocycles. The van der Waals surface area contributed by atoms with E-state index >= 15 is 0 Å². The van der Waals surface area contributed by atoms with Crippen LogP contribution in [0.1, 0.15) is 22.5 Å². The molecule has 0 aliphatic rings. The molecule has 3 rings (SSSR count). The Balaban J connectivity index is 1.77. The SMILES string of the molecule is Cc1ccc(Cl)cc1NC(=O)Nc1c(C)nn(Cc2ccccc2Cl)c1C. The molecule has 0 spiro atoms. The van der Waals surface area contributed by atoms with Gasteiger partial charge in [-0.2, -0.15) is 5.10 Å². The van der Waals surface area contributed by atoms with Crippen molar-refractivity contribution in [3.8, 4) is 0 Å². The molecular weight excluding hydrogens is 383 g/mol. The van der Waals surface area contributed by atoms with Crippen LogP contribution in [0.25, 0.3) is 0 Å². The number of rotatable bonds is 4. The second-order valence-corrected chi connectivity index (χ2v) is 7.18. The number of benzene rings is 2. The summed E-state index contributed by atoms with van der Waals surface area (Å²) in [6.45, 7) is 6.21. The number of carbonyl (C=O) groups is 1. The third kappa shape index (κ3) is 4.43. The highest BCUT2D eigenvalue weighted by molar-refractivity contribution is 6.31. The fourth-order valence-electron chi connectivity index (χ4n) is 2.82. The van der Waals surface area contributed by atoms with Crippen molar-refractivity contribution in [1.82, 2.24) is 9.78 Å². The summed E-state index contributed by atoms with van der Waals surface area (Å²) in [5.74, 6) is 0. The number of aromatic nitrogens is 2. The van der Waals surface area contributed by atoms with E-state index in [1.165, 1.54) is 0 Å². The van der Waals surface area contributed by atoms with Crippen LogP contribution in [-0.2, 0) is 6.54 Å². The first-order valence-electron chi connectivity index (χ1n) is 8.46. The summed E-state index contributed by atoms with van der Waals surface area (Å²) >= 11 is 12.3. The standard InChI is InChI=1S/C20H20Cl2N4O/c1-12-8-9-16(21)10-18(12)23-20(27)24-19-13(2)25-26(14(19)3)11-15-6-4-5-7-17(15)22/h4-10H,11H2,1-3H3,(H2,23,24,27). The van der Waals surface area contributed by atoms with Gasteiger partial charge in [0.15, 0.2) is 0 Å². The van der Waals surface area contributed by atoms with E-state index in [9.17, 15) is 4.79 Å². The van der Waals surface area contributed by atoms with E-state index in [4.69, 9.17) is 23.2 Å². The van der Waals surface area contributed by atoms with Crippen LogP contribution in [0, 0.1) is 20.8 Å². The van der Waals surface area contributed by atoms with Crippen LogP contribution in [0.3, 0.4) is 0 Å². The van der Waals surface area contributed by atoms with Crippen LogP contribution < -0.4 is 10.6 Å². The molecule has 7 heteroatoms. The van der Waals surface area contributed by atoms with Gasteiger partial charge in [-0.05, 0) is 50.1 Å². The average Bonchev–Trinajstić information content (AvgIpc) is 2.87. The lowest BCUT2D eigenvalue weighted by Gasteiger charge is -2.11. The summed E-state index contributed by atoms with van der Waals surface area (Å²) in [6.07, 6.45) is 0. The predicted molar refractivity (Wildman–Crippen MR) is 111 cm³/mol. The number of amides is 2. The van der Waals surface area contributed by atoms with Gasteiger partial charge in [-0.3, -0.25) is 4.68 Å². The second kappa shape index (κ2) is 8.03. The van der Waals surface area contributed by atoms with Gasteiger partial charge < -0.3 is 10.6 Å². The molecule has 0 radical (unpaired) electrons. The first kappa shape index (κ1) is 19.3. The van der Waals surface area contributed by atoms with Crippen molar-refractivity contribution in [2.24, 2.45) is 0 Å². The molecule has 0 saturated heterocycles. The van der Waals surface area contributed by atoms with Gasteiger partial charge in [0.05, 0.1) is 23.6 Å². The number of halogens is 2. The zero-order chi connectivity index (χ0) is 19.6. The summed E-state index contributed by atoms with van der Waals surface area (Å²) in [5.41, 5.74) is 4.83. The van der Waals surface area contributed by atoms with Crippen molar-refractivity contribution < 1.29 is 4.79 Å². The van der Waals surface area contributed by atoms with Crippen molar-refractivity contribution in [2.75, 3.05) is 10.6 Å². The fourth-order valence-corrected chi connectivity index (χ4v) is 3.18. The van der Waals surface area contributed by atoms with Crippen LogP contribution in [0.4, 0.5) is 16.2 Å². The molecule has 0 bridgehead atoms. The van der Waals surface area contributed by atoms with Gasteiger partial charge in [-0.1, -0.05) is 47.5 Å². The van der Waals surface area contributed by atoms with Crippen molar-refractivity contribution in [3.05, 3.63) is 75.0 Å². The van der Waals surface area contributed by atoms with Crippen molar-refractivity contribution >= 4 is 40.6 Å². The molecule has 0 saturated carbocycles. The van der Waals surface area contributed by atoms with E-state index in [0.717, 1.165) is 22.5 Å². The highest BCUT2D eigenvalue weighted by atomic mass is 35.5. The maximum Gasteiger partial charge on any atom is 0.323 e. The monoisotopic (exact) mass is 402 g/mol. The lowest BCUT2D eigenvalue weighted by molar-refractivity contribution is 0.262. The van der Waals surface area contributed by atoms with Crippen LogP contribution in [0.15, 0.2) is 42.5 Å². The fraction of sp³-hybridized carbons (Fsp3) is 0.200. The lowest BCUT2D eigenvalue weighted by atomic mass is 10.2. The quantitative estimate of drug-likeness (QED) is 0.578. The number of anilines is 2. The minimum Gasteiger partial charge on any atom is -0.307 e. The van der Waals surface area contributed by atoms with Gasteiger partial charge in [0.1, 0.15) is 0 Å². The van der Waals surface area contributed by atoms with Crippen molar-refractivity contribution in [2.45, 2.75) is 27.3 Å². The first-order chi connectivity index (χ1) is 12.8. The van der Waals surface area contributed by atoms with Crippen LogP contribution in [0.5, 0.6) is 0 Å². The Hall–Kier alpha value is -2.50. The summed E-state index contributed by atoms with van der Waals surface area (Å²) in [6, 6.07) is 12.7. The predicted octanol–water partition coefficient (Wildman–Crippen LogP) is 5.81. The number of carbonyl (C=O) groups excluding carboxylic acids is 1. The number of nitrogens with zero attached hydrogens (tertiary/aromatic N) is 2. The molecule has 0 aliphatic heterocycles. The zero-order valence-electron chi connectivity index (χ0n) is 15.3. The summed E-state index contributed by atoms with van der Waals surface area (Å²) in [7, 11) is 0. The minimum absolute atomic E-state index is 0.344. The van der Waals surface area contributed by atoms with Gasteiger partial charge in [0.25, 0.3) is 0 Å². The topological polar surface area (TPSA) is 59.0 Å². The number of nitrogens with one attached hydrogen (secondary N) is 2. The van der Waals surface area contributed by atoms with E-state index in [1.54, 1.807) is 12.1 Å². The van der Waals surface area contributed by atoms with Gasteiger partial charge in [0, 0.05) is 15.7 Å². The molecule has 2 amide bonds. The molecule has 2 N–H and O–H groups in total. The first-order valence-corrected chi connectivity index (χ1v) is 9.22. The second-order valence-electron chi connectivity index (χ2n) is 6.33. The summed E-state index contributed by atoms with van der Waals surface area (Å²) in [5, 5.41) is 11.5. The zero-order valence-corrected chi connectivity index (χ0v) is 16.8. The van der Waals surface area contributed by atoms with Gasteiger partial charge >= 0.3 is 6.03 Å². The summed E-state index contributed by atoms with van der Waals surface area (Å²) in [4.78, 5) is 12.4. The van der Waals surface area contributed by atoms with E-state index < -0.39 is 0 Å². The molecule has 5 nitrogen and oxygen atoms in total. The highest BCUT2D eigenvalue weighted by Crippen LogP contribution is 2.24. The van der Waals surface area contributed by atoms with Crippen LogP contribution in [0.2, 0.25) is 10.0 Å². The molecule has 0 unspecified atom stereocenters. The number of hydrogen-bond donors (Lipinski definition) is 2. The Morgan fingerprint density at radius 1 is 1.07 bits per heavy atom. The molecule has 27 heavy (non-hydrogen) atoms. The molecule has 0 fully saturated rings. The van der Waals surface area contributed by atoms with Gasteiger partial charge in [0.2, 0.25) is 0 Å². The maximum absolute atomic E-state index is 12.4. The van der Waals surface area contributed by atoms with E-state index in [1.807, 2.05) is 55.8 Å². The third-order valence-electron chi connectivity index (χ3n) is 4.35. The maximum atomic E-state index is 12.4. The van der Waals surface area contributed by atoms with E-state index in [0.29, 0.717) is 28.0 Å². The Morgan fingerprint density at radius 3 is 2.56 bits per heavy atom. The van der Waals surface area contributed by atoms with Gasteiger partial charge in [-0.15, -0.1) is 0 Å². The summed E-state index contributed by atoms with van der Waals surface area (Å²) < 4.78 is 1.83. The van der Waals surface area contributed by atoms with E-state index in [2.05, 4.69) is 15.7 Å². The minimum atomic E-state index is -0.344. The Labute approximate surface area is 168 Å². The molecular formula is C20H20Cl2N4O. The van der Waals surface area contributed by atoms with Crippen LogP contribution in [-0.4, -0.2) is 15.8 Å². The molecule has 1 aromatic heterocycles. The van der Waals surface area contributed by atoms with Crippen molar-refractivity contribution in [3.63, 3.8) is 0 Å². The normalized spacial score (nSPS) is 10.7. The smallest absolute Gasteiger partial charge is 0.307 e.